The number of hydrogen-bond donors (Lipinski definition) is 2. The Balaban J connectivity index is 1.53. The molecule has 2 heterocycles. The Bertz CT molecular complexity index is 813. The van der Waals surface area contributed by atoms with Crippen molar-refractivity contribution in [1.29, 1.82) is 0 Å². The number of carbonyl (C=O) groups is 3. The van der Waals surface area contributed by atoms with Gasteiger partial charge in [0.05, 0.1) is 6.54 Å². The lowest BCUT2D eigenvalue weighted by Crippen LogP contribution is -2.47. The summed E-state index contributed by atoms with van der Waals surface area (Å²) in [5, 5.41) is 5.29. The quantitative estimate of drug-likeness (QED) is 0.563. The molecular formula is C22H30FN3O4. The number of nitrogens with one attached hydrogen (secondary N) is 2. The predicted octanol–water partition coefficient (Wildman–Crippen LogP) is 2.56. The summed E-state index contributed by atoms with van der Waals surface area (Å²) in [6.45, 7) is 7.20. The number of carbonyl (C=O) groups excluding carboxylic acids is 3. The van der Waals surface area contributed by atoms with Gasteiger partial charge in [0.2, 0.25) is 11.8 Å². The zero-order valence-electron chi connectivity index (χ0n) is 17.8. The van der Waals surface area contributed by atoms with Gasteiger partial charge in [0.25, 0.3) is 0 Å². The number of benzene rings is 1. The van der Waals surface area contributed by atoms with Crippen molar-refractivity contribution in [2.24, 2.45) is 0 Å². The van der Waals surface area contributed by atoms with E-state index in [2.05, 4.69) is 10.6 Å². The first kappa shape index (κ1) is 22.2. The normalized spacial score (nSPS) is 21.3. The fourth-order valence-corrected chi connectivity index (χ4v) is 3.94. The van der Waals surface area contributed by atoms with Crippen LogP contribution in [-0.4, -0.2) is 54.0 Å². The minimum absolute atomic E-state index is 0.0875. The summed E-state index contributed by atoms with van der Waals surface area (Å²) in [5.74, 6) is -1.12. The first-order valence-electron chi connectivity index (χ1n) is 10.4. The first-order valence-corrected chi connectivity index (χ1v) is 10.4. The summed E-state index contributed by atoms with van der Waals surface area (Å²) in [7, 11) is 0. The maximum absolute atomic E-state index is 14.8. The Hall–Kier alpha value is -2.48. The van der Waals surface area contributed by atoms with Crippen LogP contribution >= 0.6 is 0 Å². The number of likely N-dealkylation sites (tertiary alicyclic amines) is 1. The lowest BCUT2D eigenvalue weighted by molar-refractivity contribution is -0.156. The molecular weight excluding hydrogens is 389 g/mol. The van der Waals surface area contributed by atoms with E-state index in [1.54, 1.807) is 12.1 Å². The van der Waals surface area contributed by atoms with Gasteiger partial charge in [0, 0.05) is 12.1 Å². The van der Waals surface area contributed by atoms with Crippen molar-refractivity contribution in [3.63, 3.8) is 0 Å². The summed E-state index contributed by atoms with van der Waals surface area (Å²) in [5.41, 5.74) is 0.677. The van der Waals surface area contributed by atoms with Crippen LogP contribution in [0.25, 0.3) is 0 Å². The number of piperidine rings is 2. The van der Waals surface area contributed by atoms with Crippen LogP contribution in [0.5, 0.6) is 0 Å². The van der Waals surface area contributed by atoms with Crippen LogP contribution in [0.2, 0.25) is 0 Å². The molecule has 0 saturated carbocycles. The molecule has 30 heavy (non-hydrogen) atoms. The van der Waals surface area contributed by atoms with Crippen molar-refractivity contribution in [3.05, 3.63) is 29.6 Å². The Morgan fingerprint density at radius 1 is 1.23 bits per heavy atom. The topological polar surface area (TPSA) is 87.7 Å². The van der Waals surface area contributed by atoms with Gasteiger partial charge in [-0.3, -0.25) is 24.6 Å². The molecule has 0 aliphatic carbocycles. The minimum atomic E-state index is -0.538. The van der Waals surface area contributed by atoms with Crippen molar-refractivity contribution in [2.45, 2.75) is 64.0 Å². The van der Waals surface area contributed by atoms with E-state index in [0.29, 0.717) is 30.8 Å². The molecule has 0 bridgehead atoms. The molecule has 8 heteroatoms. The van der Waals surface area contributed by atoms with Gasteiger partial charge in [-0.25, -0.2) is 4.39 Å². The monoisotopic (exact) mass is 419 g/mol. The van der Waals surface area contributed by atoms with Crippen molar-refractivity contribution >= 4 is 23.5 Å². The molecule has 2 amide bonds. The van der Waals surface area contributed by atoms with Crippen LogP contribution in [0, 0.1) is 5.82 Å². The highest BCUT2D eigenvalue weighted by Gasteiger charge is 2.28. The average molecular weight is 419 g/mol. The molecule has 1 aromatic carbocycles. The number of rotatable bonds is 5. The second-order valence-corrected chi connectivity index (χ2v) is 9.02. The Morgan fingerprint density at radius 3 is 2.53 bits per heavy atom. The summed E-state index contributed by atoms with van der Waals surface area (Å²) >= 11 is 0. The Morgan fingerprint density at radius 2 is 1.93 bits per heavy atom. The molecule has 1 unspecified atom stereocenters. The lowest BCUT2D eigenvalue weighted by Gasteiger charge is -2.32. The maximum Gasteiger partial charge on any atom is 0.320 e. The van der Waals surface area contributed by atoms with E-state index in [0.717, 1.165) is 12.8 Å². The number of esters is 1. The average Bonchev–Trinajstić information content (AvgIpc) is 2.63. The number of hydrogen-bond acceptors (Lipinski definition) is 6. The van der Waals surface area contributed by atoms with Gasteiger partial charge >= 0.3 is 5.97 Å². The van der Waals surface area contributed by atoms with Crippen LogP contribution in [-0.2, 0) is 19.1 Å². The van der Waals surface area contributed by atoms with Gasteiger partial charge in [0.15, 0.2) is 0 Å². The van der Waals surface area contributed by atoms with Crippen LogP contribution < -0.4 is 10.6 Å². The van der Waals surface area contributed by atoms with E-state index in [4.69, 9.17) is 4.74 Å². The number of nitrogens with zero attached hydrogens (tertiary/aromatic N) is 1. The second kappa shape index (κ2) is 9.12. The van der Waals surface area contributed by atoms with Gasteiger partial charge in [0.1, 0.15) is 17.5 Å². The van der Waals surface area contributed by atoms with Gasteiger partial charge < -0.3 is 10.1 Å². The van der Waals surface area contributed by atoms with Gasteiger partial charge in [-0.15, -0.1) is 0 Å². The molecule has 7 nitrogen and oxygen atoms in total. The molecule has 0 spiro atoms. The number of ether oxygens (including phenoxy) is 1. The third kappa shape index (κ3) is 6.01. The van der Waals surface area contributed by atoms with Crippen molar-refractivity contribution in [1.82, 2.24) is 10.2 Å². The highest BCUT2D eigenvalue weighted by molar-refractivity contribution is 6.01. The van der Waals surface area contributed by atoms with Crippen LogP contribution in [0.1, 0.15) is 57.9 Å². The van der Waals surface area contributed by atoms with Gasteiger partial charge in [-0.1, -0.05) is 6.07 Å². The standard InChI is InChI=1S/C22H30FN3O4/c1-22(2,3)30-20(28)13-26-10-8-14(9-11-26)16-5-4-15(12-17(16)23)24-18-6-7-19(27)25-21(18)29/h4-5,12,14,18,24H,6-11,13H2,1-3H3,(H,25,27,29). The highest BCUT2D eigenvalue weighted by atomic mass is 19.1. The van der Waals surface area contributed by atoms with Crippen LogP contribution in [0.15, 0.2) is 18.2 Å². The molecule has 1 aromatic rings. The predicted molar refractivity (Wildman–Crippen MR) is 110 cm³/mol. The number of anilines is 1. The van der Waals surface area contributed by atoms with Crippen molar-refractivity contribution in [3.8, 4) is 0 Å². The first-order chi connectivity index (χ1) is 14.1. The van der Waals surface area contributed by atoms with E-state index in [1.807, 2.05) is 25.7 Å². The molecule has 2 fully saturated rings. The van der Waals surface area contributed by atoms with E-state index >= 15 is 0 Å². The molecule has 1 atom stereocenters. The fourth-order valence-electron chi connectivity index (χ4n) is 3.94. The largest absolute Gasteiger partial charge is 0.459 e. The molecule has 164 valence electrons. The summed E-state index contributed by atoms with van der Waals surface area (Å²) in [4.78, 5) is 37.1. The van der Waals surface area contributed by atoms with E-state index < -0.39 is 11.6 Å². The third-order valence-electron chi connectivity index (χ3n) is 5.38. The SMILES string of the molecule is CC(C)(C)OC(=O)CN1CCC(c2ccc(NC3CCC(=O)NC3=O)cc2F)CC1. The van der Waals surface area contributed by atoms with Crippen molar-refractivity contribution in [2.75, 3.05) is 25.0 Å². The summed E-state index contributed by atoms with van der Waals surface area (Å²) in [6, 6.07) is 4.41. The zero-order chi connectivity index (χ0) is 21.9. The second-order valence-electron chi connectivity index (χ2n) is 9.02. The maximum atomic E-state index is 14.8. The smallest absolute Gasteiger partial charge is 0.320 e. The van der Waals surface area contributed by atoms with Gasteiger partial charge in [-0.2, -0.15) is 0 Å². The van der Waals surface area contributed by atoms with Crippen LogP contribution in [0.3, 0.4) is 0 Å². The van der Waals surface area contributed by atoms with E-state index in [-0.39, 0.29) is 42.5 Å². The Kier molecular flexibility index (Phi) is 6.75. The highest BCUT2D eigenvalue weighted by Crippen LogP contribution is 2.31. The lowest BCUT2D eigenvalue weighted by atomic mass is 9.89. The molecule has 2 N–H and O–H groups in total. The van der Waals surface area contributed by atoms with E-state index in [1.165, 1.54) is 6.07 Å². The summed E-state index contributed by atoms with van der Waals surface area (Å²) < 4.78 is 20.1. The summed E-state index contributed by atoms with van der Waals surface area (Å²) in [6.07, 6.45) is 2.19. The zero-order valence-corrected chi connectivity index (χ0v) is 17.8. The fraction of sp³-hybridized carbons (Fsp3) is 0.591. The van der Waals surface area contributed by atoms with Gasteiger partial charge in [-0.05, 0) is 76.7 Å². The number of amides is 2. The van der Waals surface area contributed by atoms with Crippen molar-refractivity contribution < 1.29 is 23.5 Å². The van der Waals surface area contributed by atoms with Crippen LogP contribution in [0.4, 0.5) is 10.1 Å². The third-order valence-corrected chi connectivity index (χ3v) is 5.38. The number of imide groups is 1. The Labute approximate surface area is 176 Å². The molecule has 2 aliphatic rings. The number of halogens is 1. The minimum Gasteiger partial charge on any atom is -0.459 e. The molecule has 0 radical (unpaired) electrons. The molecule has 2 aliphatic heterocycles. The van der Waals surface area contributed by atoms with E-state index in [9.17, 15) is 18.8 Å². The molecule has 0 aromatic heterocycles. The molecule has 3 rings (SSSR count). The molecule has 2 saturated heterocycles.